The minimum absolute atomic E-state index is 0.386. The van der Waals surface area contributed by atoms with Gasteiger partial charge in [0.2, 0.25) is 0 Å². The highest BCUT2D eigenvalue weighted by Gasteiger charge is 2.23. The van der Waals surface area contributed by atoms with Gasteiger partial charge in [-0.3, -0.25) is 0 Å². The lowest BCUT2D eigenvalue weighted by atomic mass is 9.99. The van der Waals surface area contributed by atoms with E-state index in [4.69, 9.17) is 13.9 Å². The first kappa shape index (κ1) is 19.7. The molecular weight excluding hydrogens is 458 g/mol. The van der Waals surface area contributed by atoms with Crippen molar-refractivity contribution in [2.24, 2.45) is 0 Å². The Hall–Kier alpha value is -3.25. The second kappa shape index (κ2) is 7.78. The predicted molar refractivity (Wildman–Crippen MR) is 125 cm³/mol. The van der Waals surface area contributed by atoms with Crippen molar-refractivity contribution >= 4 is 32.6 Å². The van der Waals surface area contributed by atoms with Crippen molar-refractivity contribution in [2.75, 3.05) is 18.7 Å². The molecule has 0 atom stereocenters. The molecule has 0 unspecified atom stereocenters. The molecule has 0 spiro atoms. The molecule has 1 aromatic heterocycles. The summed E-state index contributed by atoms with van der Waals surface area (Å²) >= 11 is 3.55. The van der Waals surface area contributed by atoms with Gasteiger partial charge in [0.15, 0.2) is 6.73 Å². The highest BCUT2D eigenvalue weighted by molar-refractivity contribution is 9.10. The molecule has 0 radical (unpaired) electrons. The van der Waals surface area contributed by atoms with Crippen LogP contribution in [0.1, 0.15) is 11.1 Å². The van der Waals surface area contributed by atoms with Crippen LogP contribution >= 0.6 is 15.9 Å². The smallest absolute Gasteiger partial charge is 0.336 e. The zero-order valence-electron chi connectivity index (χ0n) is 17.1. The van der Waals surface area contributed by atoms with E-state index in [-0.39, 0.29) is 5.63 Å². The predicted octanol–water partition coefficient (Wildman–Crippen LogP) is 5.90. The van der Waals surface area contributed by atoms with E-state index < -0.39 is 0 Å². The largest absolute Gasteiger partial charge is 0.497 e. The van der Waals surface area contributed by atoms with Crippen LogP contribution in [0.4, 0.5) is 5.69 Å². The SMILES string of the molecule is COc1ccc(-c2cc(=O)oc3c4c(ccc23)OCN(c2ccc(Br)c(C)c2)C4)cc1. The van der Waals surface area contributed by atoms with Crippen LogP contribution in [-0.4, -0.2) is 13.8 Å². The van der Waals surface area contributed by atoms with Gasteiger partial charge in [-0.1, -0.05) is 28.1 Å². The number of hydrogen-bond donors (Lipinski definition) is 0. The van der Waals surface area contributed by atoms with E-state index in [1.807, 2.05) is 42.5 Å². The van der Waals surface area contributed by atoms with Crippen molar-refractivity contribution in [3.05, 3.63) is 86.7 Å². The fourth-order valence-electron chi connectivity index (χ4n) is 3.93. The van der Waals surface area contributed by atoms with Gasteiger partial charge < -0.3 is 18.8 Å². The van der Waals surface area contributed by atoms with Gasteiger partial charge in [-0.15, -0.1) is 0 Å². The molecule has 1 aliphatic rings. The van der Waals surface area contributed by atoms with Crippen LogP contribution in [0.5, 0.6) is 11.5 Å². The van der Waals surface area contributed by atoms with Crippen LogP contribution in [-0.2, 0) is 6.54 Å². The fourth-order valence-corrected chi connectivity index (χ4v) is 4.18. The third-order valence-electron chi connectivity index (χ3n) is 5.61. The standard InChI is InChI=1S/C25H20BrNO4/c1-15-11-17(5-9-22(15)26)27-13-21-23(30-14-27)10-8-19-20(12-24(28)31-25(19)21)16-3-6-18(29-2)7-4-16/h3-12H,13-14H2,1-2H3. The van der Waals surface area contributed by atoms with Gasteiger partial charge in [0.25, 0.3) is 0 Å². The summed E-state index contributed by atoms with van der Waals surface area (Å²) in [5.74, 6) is 1.51. The van der Waals surface area contributed by atoms with Crippen LogP contribution in [0, 0.1) is 6.92 Å². The maximum Gasteiger partial charge on any atom is 0.336 e. The van der Waals surface area contributed by atoms with Crippen molar-refractivity contribution in [3.8, 4) is 22.6 Å². The molecule has 0 fully saturated rings. The maximum atomic E-state index is 12.5. The molecule has 156 valence electrons. The second-order valence-corrected chi connectivity index (χ2v) is 8.39. The number of halogens is 1. The van der Waals surface area contributed by atoms with Gasteiger partial charge in [-0.25, -0.2) is 4.79 Å². The molecule has 0 amide bonds. The van der Waals surface area contributed by atoms with Gasteiger partial charge in [0.05, 0.1) is 19.2 Å². The van der Waals surface area contributed by atoms with Crippen molar-refractivity contribution < 1.29 is 13.9 Å². The first-order chi connectivity index (χ1) is 15.0. The molecule has 0 saturated heterocycles. The molecule has 0 N–H and O–H groups in total. The number of anilines is 1. The number of ether oxygens (including phenoxy) is 2. The van der Waals surface area contributed by atoms with Crippen molar-refractivity contribution in [3.63, 3.8) is 0 Å². The summed E-state index contributed by atoms with van der Waals surface area (Å²) in [5, 5.41) is 0.876. The number of benzene rings is 3. The zero-order chi connectivity index (χ0) is 21.5. The third kappa shape index (κ3) is 3.57. The highest BCUT2D eigenvalue weighted by atomic mass is 79.9. The Kier molecular flexibility index (Phi) is 4.94. The molecule has 5 nitrogen and oxygen atoms in total. The lowest BCUT2D eigenvalue weighted by Gasteiger charge is -2.31. The van der Waals surface area contributed by atoms with Crippen LogP contribution in [0.15, 0.2) is 74.3 Å². The Bertz CT molecular complexity index is 1340. The van der Waals surface area contributed by atoms with Gasteiger partial charge in [0.1, 0.15) is 17.1 Å². The van der Waals surface area contributed by atoms with Crippen LogP contribution in [0.2, 0.25) is 0 Å². The van der Waals surface area contributed by atoms with E-state index in [0.717, 1.165) is 49.3 Å². The number of aryl methyl sites for hydroxylation is 1. The van der Waals surface area contributed by atoms with E-state index in [1.165, 1.54) is 6.07 Å². The molecule has 0 saturated carbocycles. The molecule has 4 aromatic rings. The average molecular weight is 478 g/mol. The monoisotopic (exact) mass is 477 g/mol. The van der Waals surface area contributed by atoms with E-state index in [2.05, 4.69) is 39.9 Å². The van der Waals surface area contributed by atoms with Crippen LogP contribution < -0.4 is 20.0 Å². The summed E-state index contributed by atoms with van der Waals surface area (Å²) in [7, 11) is 1.63. The molecule has 3 aromatic carbocycles. The maximum absolute atomic E-state index is 12.5. The quantitative estimate of drug-likeness (QED) is 0.344. The lowest BCUT2D eigenvalue weighted by molar-refractivity contribution is 0.289. The van der Waals surface area contributed by atoms with Crippen molar-refractivity contribution in [1.82, 2.24) is 0 Å². The van der Waals surface area contributed by atoms with Crippen molar-refractivity contribution in [2.45, 2.75) is 13.5 Å². The van der Waals surface area contributed by atoms with E-state index >= 15 is 0 Å². The number of rotatable bonds is 3. The Labute approximate surface area is 188 Å². The molecular formula is C25H20BrNO4. The topological polar surface area (TPSA) is 51.9 Å². The molecule has 0 bridgehead atoms. The molecule has 31 heavy (non-hydrogen) atoms. The molecule has 1 aliphatic heterocycles. The molecule has 2 heterocycles. The van der Waals surface area contributed by atoms with Gasteiger partial charge >= 0.3 is 5.63 Å². The number of methoxy groups -OCH3 is 1. The molecule has 6 heteroatoms. The van der Waals surface area contributed by atoms with Gasteiger partial charge in [-0.2, -0.15) is 0 Å². The minimum Gasteiger partial charge on any atom is -0.497 e. The summed E-state index contributed by atoms with van der Waals surface area (Å²) < 4.78 is 18.0. The molecule has 5 rings (SSSR count). The zero-order valence-corrected chi connectivity index (χ0v) is 18.7. The first-order valence-corrected chi connectivity index (χ1v) is 10.7. The Morgan fingerprint density at radius 3 is 2.58 bits per heavy atom. The Morgan fingerprint density at radius 2 is 1.84 bits per heavy atom. The number of hydrogen-bond acceptors (Lipinski definition) is 5. The molecule has 0 aliphatic carbocycles. The Morgan fingerprint density at radius 1 is 1.03 bits per heavy atom. The summed E-state index contributed by atoms with van der Waals surface area (Å²) in [6, 6.07) is 19.3. The Balaban J connectivity index is 1.62. The van der Waals surface area contributed by atoms with E-state index in [1.54, 1.807) is 7.11 Å². The minimum atomic E-state index is -0.386. The van der Waals surface area contributed by atoms with E-state index in [0.29, 0.717) is 18.9 Å². The summed E-state index contributed by atoms with van der Waals surface area (Å²) in [6.45, 7) is 3.08. The number of fused-ring (bicyclic) bond motifs is 3. The van der Waals surface area contributed by atoms with Gasteiger partial charge in [-0.05, 0) is 66.1 Å². The summed E-state index contributed by atoms with van der Waals surface area (Å²) in [5.41, 5.74) is 5.00. The van der Waals surface area contributed by atoms with Crippen LogP contribution in [0.3, 0.4) is 0 Å². The highest BCUT2D eigenvalue weighted by Crippen LogP contribution is 2.37. The summed E-state index contributed by atoms with van der Waals surface area (Å²) in [6.07, 6.45) is 0. The summed E-state index contributed by atoms with van der Waals surface area (Å²) in [4.78, 5) is 14.6. The third-order valence-corrected chi connectivity index (χ3v) is 6.49. The van der Waals surface area contributed by atoms with Gasteiger partial charge in [0, 0.05) is 21.6 Å². The van der Waals surface area contributed by atoms with Crippen LogP contribution in [0.25, 0.3) is 22.1 Å². The number of nitrogens with zero attached hydrogens (tertiary/aromatic N) is 1. The van der Waals surface area contributed by atoms with Crippen molar-refractivity contribution in [1.29, 1.82) is 0 Å². The van der Waals surface area contributed by atoms with E-state index in [9.17, 15) is 4.79 Å². The first-order valence-electron chi connectivity index (χ1n) is 9.91. The fraction of sp³-hybridized carbons (Fsp3) is 0.160. The average Bonchev–Trinajstić information content (AvgIpc) is 2.80. The second-order valence-electron chi connectivity index (χ2n) is 7.53. The lowest BCUT2D eigenvalue weighted by Crippen LogP contribution is -2.32. The normalized spacial score (nSPS) is 13.1.